The molecule has 1 aliphatic heterocycles. The van der Waals surface area contributed by atoms with Crippen LogP contribution >= 0.6 is 0 Å². The molecule has 0 aromatic carbocycles. The third-order valence-corrected chi connectivity index (χ3v) is 4.33. The highest BCUT2D eigenvalue weighted by atomic mass is 16.5. The van der Waals surface area contributed by atoms with E-state index in [1.807, 2.05) is 17.9 Å². The van der Waals surface area contributed by atoms with Crippen LogP contribution in [0.4, 0.5) is 5.82 Å². The van der Waals surface area contributed by atoms with Crippen molar-refractivity contribution in [1.29, 1.82) is 0 Å². The number of hydrogen-bond donors (Lipinski definition) is 1. The first-order valence-electron chi connectivity index (χ1n) is 8.55. The SMILES string of the molecule is COC(CN)CC(=O)N1CCN(c2cc(C)nc(C(C)C)n2)CC1. The third-order valence-electron chi connectivity index (χ3n) is 4.33. The fourth-order valence-corrected chi connectivity index (χ4v) is 2.77. The van der Waals surface area contributed by atoms with Gasteiger partial charge < -0.3 is 20.3 Å². The molecule has 2 heterocycles. The molecule has 1 aliphatic rings. The minimum Gasteiger partial charge on any atom is -0.380 e. The second-order valence-electron chi connectivity index (χ2n) is 6.55. The van der Waals surface area contributed by atoms with Crippen LogP contribution < -0.4 is 10.6 Å². The minimum absolute atomic E-state index is 0.105. The van der Waals surface area contributed by atoms with Crippen LogP contribution in [0.15, 0.2) is 6.07 Å². The van der Waals surface area contributed by atoms with E-state index in [0.717, 1.165) is 30.4 Å². The van der Waals surface area contributed by atoms with Gasteiger partial charge in [0.15, 0.2) is 0 Å². The average Bonchev–Trinajstić information content (AvgIpc) is 2.59. The van der Waals surface area contributed by atoms with Gasteiger partial charge >= 0.3 is 0 Å². The zero-order valence-electron chi connectivity index (χ0n) is 15.2. The predicted molar refractivity (Wildman–Crippen MR) is 94.1 cm³/mol. The van der Waals surface area contributed by atoms with Crippen molar-refractivity contribution in [2.45, 2.75) is 39.2 Å². The van der Waals surface area contributed by atoms with Crippen molar-refractivity contribution in [2.24, 2.45) is 5.73 Å². The molecule has 1 fully saturated rings. The van der Waals surface area contributed by atoms with Gasteiger partial charge in [-0.1, -0.05) is 13.8 Å². The summed E-state index contributed by atoms with van der Waals surface area (Å²) in [5, 5.41) is 0. The predicted octanol–water partition coefficient (Wildman–Crippen LogP) is 0.921. The Bertz CT molecular complexity index is 552. The molecule has 0 aliphatic carbocycles. The quantitative estimate of drug-likeness (QED) is 0.832. The highest BCUT2D eigenvalue weighted by molar-refractivity contribution is 5.77. The molecular weight excluding hydrogens is 306 g/mol. The number of nitrogens with two attached hydrogens (primary N) is 1. The van der Waals surface area contributed by atoms with Crippen LogP contribution in [0, 0.1) is 6.92 Å². The summed E-state index contributed by atoms with van der Waals surface area (Å²) in [7, 11) is 1.59. The summed E-state index contributed by atoms with van der Waals surface area (Å²) in [6.45, 7) is 9.49. The maximum absolute atomic E-state index is 12.3. The number of ether oxygens (including phenoxy) is 1. The maximum atomic E-state index is 12.3. The van der Waals surface area contributed by atoms with Crippen LogP contribution in [0.1, 0.15) is 37.7 Å². The molecule has 1 aromatic rings. The summed E-state index contributed by atoms with van der Waals surface area (Å²) < 4.78 is 5.20. The van der Waals surface area contributed by atoms with Gasteiger partial charge in [-0.15, -0.1) is 0 Å². The Labute approximate surface area is 144 Å². The number of amides is 1. The summed E-state index contributed by atoms with van der Waals surface area (Å²) in [6, 6.07) is 2.01. The van der Waals surface area contributed by atoms with Gasteiger partial charge in [0.05, 0.1) is 12.5 Å². The van der Waals surface area contributed by atoms with Gasteiger partial charge in [-0.2, -0.15) is 0 Å². The number of anilines is 1. The summed E-state index contributed by atoms with van der Waals surface area (Å²) in [6.07, 6.45) is 0.144. The Morgan fingerprint density at radius 3 is 2.50 bits per heavy atom. The van der Waals surface area contributed by atoms with Crippen molar-refractivity contribution in [1.82, 2.24) is 14.9 Å². The number of piperazine rings is 1. The molecule has 1 atom stereocenters. The van der Waals surface area contributed by atoms with Crippen molar-refractivity contribution >= 4 is 11.7 Å². The summed E-state index contributed by atoms with van der Waals surface area (Å²) >= 11 is 0. The van der Waals surface area contributed by atoms with E-state index in [1.54, 1.807) is 7.11 Å². The van der Waals surface area contributed by atoms with Gasteiger partial charge in [0, 0.05) is 57.5 Å². The monoisotopic (exact) mass is 335 g/mol. The Kier molecular flexibility index (Phi) is 6.51. The molecule has 24 heavy (non-hydrogen) atoms. The van der Waals surface area contributed by atoms with Gasteiger partial charge in [-0.05, 0) is 6.92 Å². The van der Waals surface area contributed by atoms with Crippen molar-refractivity contribution in [3.8, 4) is 0 Å². The van der Waals surface area contributed by atoms with E-state index in [4.69, 9.17) is 10.5 Å². The number of hydrogen-bond acceptors (Lipinski definition) is 6. The first-order valence-corrected chi connectivity index (χ1v) is 8.55. The lowest BCUT2D eigenvalue weighted by molar-refractivity contribution is -0.133. The van der Waals surface area contributed by atoms with E-state index >= 15 is 0 Å². The molecule has 7 heteroatoms. The molecule has 0 saturated carbocycles. The van der Waals surface area contributed by atoms with Gasteiger partial charge in [0.1, 0.15) is 11.6 Å². The largest absolute Gasteiger partial charge is 0.380 e. The Hall–Kier alpha value is -1.73. The van der Waals surface area contributed by atoms with E-state index in [-0.39, 0.29) is 12.0 Å². The zero-order chi connectivity index (χ0) is 17.7. The molecule has 0 spiro atoms. The van der Waals surface area contributed by atoms with Gasteiger partial charge in [-0.25, -0.2) is 9.97 Å². The molecule has 1 amide bonds. The molecule has 0 radical (unpaired) electrons. The van der Waals surface area contributed by atoms with Crippen molar-refractivity contribution < 1.29 is 9.53 Å². The van der Waals surface area contributed by atoms with E-state index in [2.05, 4.69) is 28.7 Å². The fourth-order valence-electron chi connectivity index (χ4n) is 2.77. The van der Waals surface area contributed by atoms with E-state index in [1.165, 1.54) is 0 Å². The topological polar surface area (TPSA) is 84.6 Å². The third kappa shape index (κ3) is 4.64. The maximum Gasteiger partial charge on any atom is 0.225 e. The second kappa shape index (κ2) is 8.39. The van der Waals surface area contributed by atoms with E-state index < -0.39 is 0 Å². The average molecular weight is 335 g/mol. The molecule has 0 bridgehead atoms. The first kappa shape index (κ1) is 18.6. The minimum atomic E-state index is -0.200. The van der Waals surface area contributed by atoms with Crippen LogP contribution in [0.2, 0.25) is 0 Å². The molecule has 2 N–H and O–H groups in total. The van der Waals surface area contributed by atoms with Gasteiger partial charge in [0.25, 0.3) is 0 Å². The zero-order valence-corrected chi connectivity index (χ0v) is 15.2. The molecule has 1 saturated heterocycles. The van der Waals surface area contributed by atoms with E-state index in [9.17, 15) is 4.79 Å². The number of nitrogens with zero attached hydrogens (tertiary/aromatic N) is 4. The van der Waals surface area contributed by atoms with Crippen LogP contribution in [-0.4, -0.2) is 66.7 Å². The van der Waals surface area contributed by atoms with Crippen molar-refractivity contribution in [3.63, 3.8) is 0 Å². The number of carbonyl (C=O) groups excluding carboxylic acids is 1. The number of carbonyl (C=O) groups is 1. The summed E-state index contributed by atoms with van der Waals surface area (Å²) in [4.78, 5) is 25.6. The molecule has 1 aromatic heterocycles. The number of aromatic nitrogens is 2. The van der Waals surface area contributed by atoms with Crippen molar-refractivity contribution in [3.05, 3.63) is 17.6 Å². The first-order chi connectivity index (χ1) is 11.4. The van der Waals surface area contributed by atoms with Crippen LogP contribution in [0.5, 0.6) is 0 Å². The molecule has 7 nitrogen and oxygen atoms in total. The lowest BCUT2D eigenvalue weighted by atomic mass is 10.2. The lowest BCUT2D eigenvalue weighted by Gasteiger charge is -2.36. The Balaban J connectivity index is 1.96. The van der Waals surface area contributed by atoms with E-state index in [0.29, 0.717) is 32.0 Å². The lowest BCUT2D eigenvalue weighted by Crippen LogP contribution is -2.50. The second-order valence-corrected chi connectivity index (χ2v) is 6.55. The van der Waals surface area contributed by atoms with Gasteiger partial charge in [-0.3, -0.25) is 4.79 Å². The fraction of sp³-hybridized carbons (Fsp3) is 0.706. The highest BCUT2D eigenvalue weighted by Crippen LogP contribution is 2.19. The molecule has 1 unspecified atom stereocenters. The van der Waals surface area contributed by atoms with Crippen LogP contribution in [-0.2, 0) is 9.53 Å². The number of aryl methyl sites for hydroxylation is 1. The Morgan fingerprint density at radius 1 is 1.29 bits per heavy atom. The number of methoxy groups -OCH3 is 1. The molecule has 2 rings (SSSR count). The molecular formula is C17H29N5O2. The normalized spacial score (nSPS) is 16.6. The summed E-state index contributed by atoms with van der Waals surface area (Å²) in [5.41, 5.74) is 6.57. The van der Waals surface area contributed by atoms with Crippen LogP contribution in [0.3, 0.4) is 0 Å². The van der Waals surface area contributed by atoms with Gasteiger partial charge in [0.2, 0.25) is 5.91 Å². The Morgan fingerprint density at radius 2 is 1.96 bits per heavy atom. The van der Waals surface area contributed by atoms with Crippen molar-refractivity contribution in [2.75, 3.05) is 44.7 Å². The number of rotatable bonds is 6. The van der Waals surface area contributed by atoms with Crippen LogP contribution in [0.25, 0.3) is 0 Å². The standard InChI is InChI=1S/C17H29N5O2/c1-12(2)17-19-13(3)9-15(20-17)21-5-7-22(8-6-21)16(23)10-14(11-18)24-4/h9,12,14H,5-8,10-11,18H2,1-4H3. The summed E-state index contributed by atoms with van der Waals surface area (Å²) in [5.74, 6) is 2.23. The molecule has 134 valence electrons. The highest BCUT2D eigenvalue weighted by Gasteiger charge is 2.24. The smallest absolute Gasteiger partial charge is 0.225 e.